The molecule has 0 radical (unpaired) electrons. The van der Waals surface area contributed by atoms with Crippen molar-refractivity contribution in [1.82, 2.24) is 4.98 Å². The van der Waals surface area contributed by atoms with Gasteiger partial charge in [-0.15, -0.1) is 0 Å². The van der Waals surface area contributed by atoms with E-state index in [1.807, 2.05) is 0 Å². The van der Waals surface area contributed by atoms with Crippen LogP contribution in [-0.2, 0) is 41.9 Å². The minimum atomic E-state index is -1.10. The zero-order valence-corrected chi connectivity index (χ0v) is 31.7. The number of Topliss-reactive ketones (excluding diaryl/α,β-unsaturated/α-hetero) is 1. The number of fused-ring (bicyclic) bond motifs is 12. The first-order chi connectivity index (χ1) is 23.3. The van der Waals surface area contributed by atoms with Gasteiger partial charge in [0.25, 0.3) is 0 Å². The average molecular weight is 688 g/mol. The first-order valence-electron chi connectivity index (χ1n) is 19.6. The Balaban J connectivity index is 1.06. The second-order valence-corrected chi connectivity index (χ2v) is 20.1. The molecular weight excluding hydrogens is 630 g/mol. The van der Waals surface area contributed by atoms with Crippen LogP contribution in [0, 0.1) is 29.1 Å². The van der Waals surface area contributed by atoms with E-state index in [2.05, 4.69) is 86.4 Å². The molecule has 5 heterocycles. The number of carbonyl (C=O) groups excluding carboxylic acids is 1. The number of ketones is 1. The van der Waals surface area contributed by atoms with Crippen molar-refractivity contribution >= 4 is 16.7 Å². The minimum Gasteiger partial charge on any atom is -0.386 e. The molecule has 2 saturated carbocycles. The summed E-state index contributed by atoms with van der Waals surface area (Å²) in [5.74, 6) is 1.02. The molecule has 0 amide bonds. The van der Waals surface area contributed by atoms with Crippen LogP contribution in [0.3, 0.4) is 0 Å². The number of epoxide rings is 1. The van der Waals surface area contributed by atoms with Crippen LogP contribution < -0.4 is 0 Å². The van der Waals surface area contributed by atoms with Gasteiger partial charge in [-0.1, -0.05) is 27.7 Å². The summed E-state index contributed by atoms with van der Waals surface area (Å²) in [5, 5.41) is 14.7. The van der Waals surface area contributed by atoms with Gasteiger partial charge in [0, 0.05) is 45.3 Å². The van der Waals surface area contributed by atoms with E-state index in [-0.39, 0.29) is 59.3 Å². The molecule has 2 aromatic rings. The monoisotopic (exact) mass is 687 g/mol. The summed E-state index contributed by atoms with van der Waals surface area (Å²) >= 11 is 0. The second-order valence-electron chi connectivity index (χ2n) is 20.1. The Hall–Kier alpha value is -1.81. The molecule has 12 atom stereocenters. The van der Waals surface area contributed by atoms with Gasteiger partial charge in [0.05, 0.1) is 28.8 Å². The van der Waals surface area contributed by atoms with Gasteiger partial charge in [-0.2, -0.15) is 0 Å². The van der Waals surface area contributed by atoms with Crippen LogP contribution >= 0.6 is 0 Å². The number of nitrogens with one attached hydrogen (secondary N) is 1. The second kappa shape index (κ2) is 9.46. The molecule has 8 heteroatoms. The number of hydrogen-bond donors (Lipinski definition) is 2. The Morgan fingerprint density at radius 1 is 0.880 bits per heavy atom. The minimum absolute atomic E-state index is 0.126. The Bertz CT molecular complexity index is 1840. The third-order valence-corrected chi connectivity index (χ3v) is 16.1. The number of benzene rings is 1. The lowest BCUT2D eigenvalue weighted by molar-refractivity contribution is -0.355. The quantitative estimate of drug-likeness (QED) is 0.330. The van der Waals surface area contributed by atoms with Crippen LogP contribution in [0.1, 0.15) is 129 Å². The Labute approximate surface area is 296 Å². The van der Waals surface area contributed by atoms with Crippen LogP contribution in [0.25, 0.3) is 10.9 Å². The molecule has 1 spiro atoms. The van der Waals surface area contributed by atoms with Crippen molar-refractivity contribution in [3.05, 3.63) is 34.5 Å². The fraction of sp³-hybridized carbons (Fsp3) is 0.786. The van der Waals surface area contributed by atoms with Crippen LogP contribution in [-0.4, -0.2) is 74.6 Å². The number of hydrogen-bond acceptors (Lipinski definition) is 7. The number of ether oxygens (including phenoxy) is 5. The van der Waals surface area contributed by atoms with E-state index in [1.54, 1.807) is 0 Å². The molecule has 1 aromatic heterocycles. The highest BCUT2D eigenvalue weighted by Crippen LogP contribution is 2.75. The molecule has 8 nitrogen and oxygen atoms in total. The molecule has 10 rings (SSSR count). The predicted molar refractivity (Wildman–Crippen MR) is 188 cm³/mol. The molecule has 4 aliphatic carbocycles. The molecule has 4 aliphatic heterocycles. The van der Waals surface area contributed by atoms with Crippen molar-refractivity contribution in [2.75, 3.05) is 0 Å². The molecule has 1 aromatic carbocycles. The summed E-state index contributed by atoms with van der Waals surface area (Å²) in [6.07, 6.45) is 4.53. The van der Waals surface area contributed by atoms with Crippen LogP contribution in [0.15, 0.2) is 12.1 Å². The number of aromatic amines is 1. The maximum atomic E-state index is 14.3. The van der Waals surface area contributed by atoms with Crippen molar-refractivity contribution in [2.45, 2.75) is 178 Å². The fourth-order valence-electron chi connectivity index (χ4n) is 13.8. The van der Waals surface area contributed by atoms with Gasteiger partial charge >= 0.3 is 0 Å². The number of rotatable bonds is 2. The van der Waals surface area contributed by atoms with Crippen molar-refractivity contribution < 1.29 is 33.6 Å². The Morgan fingerprint density at radius 3 is 2.38 bits per heavy atom. The lowest BCUT2D eigenvalue weighted by atomic mass is 9.40. The van der Waals surface area contributed by atoms with E-state index < -0.39 is 27.8 Å². The smallest absolute Gasteiger partial charge is 0.169 e. The highest BCUT2D eigenvalue weighted by atomic mass is 16.8. The first kappa shape index (κ1) is 32.8. The zero-order valence-electron chi connectivity index (χ0n) is 31.7. The topological polar surface area (TPSA) is 103 Å². The number of aliphatic hydroxyl groups is 1. The molecule has 0 bridgehead atoms. The highest BCUT2D eigenvalue weighted by molar-refractivity contribution is 6.06. The largest absolute Gasteiger partial charge is 0.386 e. The van der Waals surface area contributed by atoms with E-state index in [1.165, 1.54) is 22.2 Å². The predicted octanol–water partition coefficient (Wildman–Crippen LogP) is 6.95. The Morgan fingerprint density at radius 2 is 1.64 bits per heavy atom. The van der Waals surface area contributed by atoms with Gasteiger partial charge in [0.1, 0.15) is 23.9 Å². The first-order valence-corrected chi connectivity index (χ1v) is 19.6. The SMILES string of the molecule is CC(C)C[C@H]1O[C@@H]2[C@H](OC3CC[C@@]4(C)[C@@](O)(CCC5Cc6c([nH]c7ccc8c(c67)C[C@@H]6[C@@H](C8=O)C(C)(C)OC6(C)C)[C@@]54C)[C@]34O[C@@H]24)C(C)(C)O1. The summed E-state index contributed by atoms with van der Waals surface area (Å²) in [5.41, 5.74) is 1.70. The maximum Gasteiger partial charge on any atom is 0.169 e. The maximum absolute atomic E-state index is 14.3. The van der Waals surface area contributed by atoms with Gasteiger partial charge in [-0.3, -0.25) is 4.79 Å². The molecule has 2 N–H and O–H groups in total. The summed E-state index contributed by atoms with van der Waals surface area (Å²) in [6.45, 7) is 21.9. The van der Waals surface area contributed by atoms with Gasteiger partial charge in [0.15, 0.2) is 17.7 Å². The summed E-state index contributed by atoms with van der Waals surface area (Å²) in [7, 11) is 0. The van der Waals surface area contributed by atoms with Gasteiger partial charge in [-0.25, -0.2) is 0 Å². The van der Waals surface area contributed by atoms with E-state index in [0.29, 0.717) is 18.3 Å². The van der Waals surface area contributed by atoms with Gasteiger partial charge in [-0.05, 0) is 115 Å². The lowest BCUT2D eigenvalue weighted by Crippen LogP contribution is -2.77. The highest BCUT2D eigenvalue weighted by Gasteiger charge is 2.87. The summed E-state index contributed by atoms with van der Waals surface area (Å²) < 4.78 is 33.6. The van der Waals surface area contributed by atoms with Gasteiger partial charge in [0.2, 0.25) is 0 Å². The van der Waals surface area contributed by atoms with Crippen molar-refractivity contribution in [3.8, 4) is 0 Å². The van der Waals surface area contributed by atoms with E-state index in [4.69, 9.17) is 23.7 Å². The average Bonchev–Trinajstić information content (AvgIpc) is 3.51. The van der Waals surface area contributed by atoms with Gasteiger partial charge < -0.3 is 33.8 Å². The summed E-state index contributed by atoms with van der Waals surface area (Å²) in [4.78, 5) is 18.2. The van der Waals surface area contributed by atoms with Crippen molar-refractivity contribution in [3.63, 3.8) is 0 Å². The third-order valence-electron chi connectivity index (χ3n) is 16.1. The standard InChI is InChI=1S/C42H57NO7/c1-20(2)17-28-47-32-34(38(7,8)48-28)46-27-14-15-39(9)40(10)21(13-16-41(39,45)42(27)35(32)49-42)18-24-29-23-19-25-30(37(5,6)50-36(25,3)4)31(44)22(23)11-12-26(29)43-33(24)40/h11-12,20-21,25,27-28,30,32,34-35,43,45H,13-19H2,1-10H3/t21?,25-,27?,28+,30+,32-,34+,35+,39-,40-,41+,42+/m1/s1. The molecule has 2 unspecified atom stereocenters. The number of carbonyl (C=O) groups is 1. The number of H-pyrrole nitrogens is 1. The van der Waals surface area contributed by atoms with Crippen molar-refractivity contribution in [1.29, 1.82) is 0 Å². The molecule has 272 valence electrons. The lowest BCUT2D eigenvalue weighted by Gasteiger charge is -2.66. The normalized spacial score (nSPS) is 48.5. The van der Waals surface area contributed by atoms with Crippen LogP contribution in [0.5, 0.6) is 0 Å². The van der Waals surface area contributed by atoms with Crippen LogP contribution in [0.2, 0.25) is 0 Å². The fourth-order valence-corrected chi connectivity index (χ4v) is 13.8. The Kier molecular flexibility index (Phi) is 6.20. The molecular formula is C42H57NO7. The van der Waals surface area contributed by atoms with Crippen LogP contribution in [0.4, 0.5) is 0 Å². The van der Waals surface area contributed by atoms with E-state index in [0.717, 1.165) is 49.6 Å². The molecule has 6 fully saturated rings. The van der Waals surface area contributed by atoms with E-state index >= 15 is 0 Å². The molecule has 4 saturated heterocycles. The summed E-state index contributed by atoms with van der Waals surface area (Å²) in [6, 6.07) is 4.20. The molecule has 8 aliphatic rings. The molecule has 50 heavy (non-hydrogen) atoms. The zero-order chi connectivity index (χ0) is 35.3. The van der Waals surface area contributed by atoms with E-state index in [9.17, 15) is 9.90 Å². The number of aromatic nitrogens is 1. The van der Waals surface area contributed by atoms with Crippen molar-refractivity contribution in [2.24, 2.45) is 29.1 Å². The third kappa shape index (κ3) is 3.59.